The summed E-state index contributed by atoms with van der Waals surface area (Å²) in [5.41, 5.74) is 0.557. The number of halogens is 2. The molecule has 0 atom stereocenters. The van der Waals surface area contributed by atoms with Gasteiger partial charge in [-0.3, -0.25) is 4.79 Å². The van der Waals surface area contributed by atoms with E-state index in [1.54, 1.807) is 6.07 Å². The Morgan fingerprint density at radius 2 is 1.96 bits per heavy atom. The Bertz CT molecular complexity index is 587. The van der Waals surface area contributed by atoms with E-state index in [0.717, 1.165) is 12.5 Å². The minimum absolute atomic E-state index is 0.0191. The molecule has 1 N–H and O–H groups in total. The van der Waals surface area contributed by atoms with E-state index < -0.39 is 5.82 Å². The lowest BCUT2D eigenvalue weighted by Gasteiger charge is -2.39. The normalized spacial score (nSPS) is 20.6. The number of benzene rings is 1. The van der Waals surface area contributed by atoms with E-state index in [0.29, 0.717) is 18.0 Å². The van der Waals surface area contributed by atoms with Gasteiger partial charge in [0, 0.05) is 18.2 Å². The molecule has 0 unspecified atom stereocenters. The number of anilines is 1. The van der Waals surface area contributed by atoms with Crippen molar-refractivity contribution < 1.29 is 9.18 Å². The molecule has 3 nitrogen and oxygen atoms in total. The topological polar surface area (TPSA) is 32.3 Å². The van der Waals surface area contributed by atoms with Crippen LogP contribution in [0.2, 0.25) is 5.02 Å². The SMILES string of the molecule is O=C(CCC1CCN(C2CCSCC2)CC1)Nc1ccc(F)c(Cl)c1. The van der Waals surface area contributed by atoms with E-state index in [-0.39, 0.29) is 10.9 Å². The Labute approximate surface area is 158 Å². The minimum atomic E-state index is -0.469. The van der Waals surface area contributed by atoms with Gasteiger partial charge in [-0.2, -0.15) is 11.8 Å². The molecule has 3 rings (SSSR count). The molecule has 0 aromatic heterocycles. The van der Waals surface area contributed by atoms with E-state index in [4.69, 9.17) is 11.6 Å². The lowest BCUT2D eigenvalue weighted by Crippen LogP contribution is -2.43. The van der Waals surface area contributed by atoms with Crippen molar-refractivity contribution in [1.29, 1.82) is 0 Å². The first-order valence-electron chi connectivity index (χ1n) is 9.18. The van der Waals surface area contributed by atoms with Crippen LogP contribution in [0.4, 0.5) is 10.1 Å². The quantitative estimate of drug-likeness (QED) is 0.790. The molecule has 2 heterocycles. The van der Waals surface area contributed by atoms with E-state index in [9.17, 15) is 9.18 Å². The molecule has 0 bridgehead atoms. The molecule has 2 fully saturated rings. The summed E-state index contributed by atoms with van der Waals surface area (Å²) in [5.74, 6) is 2.75. The number of amides is 1. The van der Waals surface area contributed by atoms with Crippen molar-refractivity contribution in [3.63, 3.8) is 0 Å². The Morgan fingerprint density at radius 1 is 1.24 bits per heavy atom. The number of carbonyl (C=O) groups excluding carboxylic acids is 1. The van der Waals surface area contributed by atoms with Crippen LogP contribution in [-0.2, 0) is 4.79 Å². The molecule has 1 aromatic rings. The van der Waals surface area contributed by atoms with Crippen LogP contribution in [0.25, 0.3) is 0 Å². The molecule has 2 aliphatic heterocycles. The highest BCUT2D eigenvalue weighted by Crippen LogP contribution is 2.28. The van der Waals surface area contributed by atoms with E-state index in [2.05, 4.69) is 22.0 Å². The number of hydrogen-bond acceptors (Lipinski definition) is 3. The van der Waals surface area contributed by atoms with Crippen molar-refractivity contribution in [1.82, 2.24) is 4.90 Å². The molecule has 0 saturated carbocycles. The molecule has 0 aliphatic carbocycles. The van der Waals surface area contributed by atoms with Crippen LogP contribution in [0.15, 0.2) is 18.2 Å². The first-order valence-corrected chi connectivity index (χ1v) is 10.7. The third-order valence-corrected chi connectivity index (χ3v) is 6.68. The molecule has 0 radical (unpaired) electrons. The number of piperidine rings is 1. The van der Waals surface area contributed by atoms with Crippen LogP contribution in [-0.4, -0.2) is 41.4 Å². The molecule has 0 spiro atoms. The van der Waals surface area contributed by atoms with Crippen molar-refractivity contribution in [2.75, 3.05) is 29.9 Å². The van der Waals surface area contributed by atoms with Gasteiger partial charge in [0.15, 0.2) is 0 Å². The molecule has 1 amide bonds. The molecule has 138 valence electrons. The average Bonchev–Trinajstić information content (AvgIpc) is 2.64. The third-order valence-electron chi connectivity index (χ3n) is 5.34. The minimum Gasteiger partial charge on any atom is -0.326 e. The van der Waals surface area contributed by atoms with Gasteiger partial charge in [0.1, 0.15) is 5.82 Å². The number of likely N-dealkylation sites (tertiary alicyclic amines) is 1. The molecule has 25 heavy (non-hydrogen) atoms. The number of nitrogens with zero attached hydrogens (tertiary/aromatic N) is 1. The maximum absolute atomic E-state index is 13.1. The van der Waals surface area contributed by atoms with Crippen molar-refractivity contribution in [2.45, 2.75) is 44.6 Å². The van der Waals surface area contributed by atoms with Crippen LogP contribution < -0.4 is 5.32 Å². The predicted molar refractivity (Wildman–Crippen MR) is 104 cm³/mol. The highest BCUT2D eigenvalue weighted by atomic mass is 35.5. The maximum atomic E-state index is 13.1. The monoisotopic (exact) mass is 384 g/mol. The number of carbonyl (C=O) groups is 1. The second-order valence-corrected chi connectivity index (χ2v) is 8.67. The predicted octanol–water partition coefficient (Wildman–Crippen LogP) is 4.81. The zero-order valence-corrected chi connectivity index (χ0v) is 16.0. The van der Waals surface area contributed by atoms with Crippen molar-refractivity contribution in [3.05, 3.63) is 29.0 Å². The lowest BCUT2D eigenvalue weighted by atomic mass is 9.90. The van der Waals surface area contributed by atoms with Gasteiger partial charge in [-0.05, 0) is 80.8 Å². The maximum Gasteiger partial charge on any atom is 0.224 e. The molecule has 2 aliphatic rings. The Balaban J connectivity index is 1.37. The smallest absolute Gasteiger partial charge is 0.224 e. The summed E-state index contributed by atoms with van der Waals surface area (Å²) in [7, 11) is 0. The highest BCUT2D eigenvalue weighted by Gasteiger charge is 2.26. The Kier molecular flexibility index (Phi) is 7.02. The van der Waals surface area contributed by atoms with Gasteiger partial charge in [-0.1, -0.05) is 11.6 Å². The van der Waals surface area contributed by atoms with E-state index in [1.165, 1.54) is 62.4 Å². The number of thioether (sulfide) groups is 1. The zero-order valence-electron chi connectivity index (χ0n) is 14.5. The summed E-state index contributed by atoms with van der Waals surface area (Å²) in [5, 5.41) is 2.84. The summed E-state index contributed by atoms with van der Waals surface area (Å²) in [6.07, 6.45) is 6.49. The largest absolute Gasteiger partial charge is 0.326 e. The van der Waals surface area contributed by atoms with E-state index >= 15 is 0 Å². The molecule has 2 saturated heterocycles. The van der Waals surface area contributed by atoms with Gasteiger partial charge in [0.2, 0.25) is 5.91 Å². The van der Waals surface area contributed by atoms with Gasteiger partial charge in [-0.25, -0.2) is 4.39 Å². The van der Waals surface area contributed by atoms with Crippen molar-refractivity contribution >= 4 is 35.0 Å². The summed E-state index contributed by atoms with van der Waals surface area (Å²) >= 11 is 7.82. The van der Waals surface area contributed by atoms with Gasteiger partial charge in [0.25, 0.3) is 0 Å². The fourth-order valence-electron chi connectivity index (χ4n) is 3.79. The van der Waals surface area contributed by atoms with Crippen LogP contribution in [0, 0.1) is 11.7 Å². The van der Waals surface area contributed by atoms with Crippen LogP contribution in [0.3, 0.4) is 0 Å². The first-order chi connectivity index (χ1) is 12.1. The second-order valence-electron chi connectivity index (χ2n) is 7.04. The molecular weight excluding hydrogens is 359 g/mol. The fourth-order valence-corrected chi connectivity index (χ4v) is 5.05. The standard InChI is InChI=1S/C19H26ClFN2OS/c20-17-13-15(2-3-18(17)21)22-19(24)4-1-14-5-9-23(10-6-14)16-7-11-25-12-8-16/h2-3,13-14,16H,1,4-12H2,(H,22,24). The fraction of sp³-hybridized carbons (Fsp3) is 0.632. The van der Waals surface area contributed by atoms with E-state index in [1.807, 2.05) is 0 Å². The van der Waals surface area contributed by atoms with Crippen LogP contribution in [0.5, 0.6) is 0 Å². The highest BCUT2D eigenvalue weighted by molar-refractivity contribution is 7.99. The lowest BCUT2D eigenvalue weighted by molar-refractivity contribution is -0.116. The zero-order chi connectivity index (χ0) is 17.6. The van der Waals surface area contributed by atoms with Gasteiger partial charge in [0.05, 0.1) is 5.02 Å². The summed E-state index contributed by atoms with van der Waals surface area (Å²) in [6.45, 7) is 2.35. The Hall–Kier alpha value is -0.780. The van der Waals surface area contributed by atoms with Gasteiger partial charge < -0.3 is 10.2 Å². The Morgan fingerprint density at radius 3 is 2.64 bits per heavy atom. The second kappa shape index (κ2) is 9.24. The van der Waals surface area contributed by atoms with Gasteiger partial charge >= 0.3 is 0 Å². The van der Waals surface area contributed by atoms with Crippen LogP contribution >= 0.6 is 23.4 Å². The van der Waals surface area contributed by atoms with Crippen LogP contribution in [0.1, 0.15) is 38.5 Å². The van der Waals surface area contributed by atoms with Crippen molar-refractivity contribution in [2.24, 2.45) is 5.92 Å². The summed E-state index contributed by atoms with van der Waals surface area (Å²) < 4.78 is 13.1. The van der Waals surface area contributed by atoms with Gasteiger partial charge in [-0.15, -0.1) is 0 Å². The number of rotatable bonds is 5. The molecule has 1 aromatic carbocycles. The molecular formula is C19H26ClFN2OS. The number of hydrogen-bond donors (Lipinski definition) is 1. The first kappa shape index (κ1) is 19.0. The summed E-state index contributed by atoms with van der Waals surface area (Å²) in [6, 6.07) is 5.06. The summed E-state index contributed by atoms with van der Waals surface area (Å²) in [4.78, 5) is 14.8. The number of nitrogens with one attached hydrogen (secondary N) is 1. The average molecular weight is 385 g/mol. The van der Waals surface area contributed by atoms with Crippen molar-refractivity contribution in [3.8, 4) is 0 Å². The molecule has 6 heteroatoms. The third kappa shape index (κ3) is 5.60.